The molecule has 4 rings (SSSR count). The summed E-state index contributed by atoms with van der Waals surface area (Å²) < 4.78 is 10.8. The van der Waals surface area contributed by atoms with Crippen molar-refractivity contribution in [3.63, 3.8) is 0 Å². The van der Waals surface area contributed by atoms with Crippen LogP contribution in [0.1, 0.15) is 31.2 Å². The zero-order valence-electron chi connectivity index (χ0n) is 19.6. The van der Waals surface area contributed by atoms with Crippen LogP contribution < -0.4 is 15.0 Å². The van der Waals surface area contributed by atoms with E-state index in [4.69, 9.17) is 9.47 Å². The molecule has 1 amide bonds. The minimum Gasteiger partial charge on any atom is -0.491 e. The SMILES string of the molecule is O=C(Cc1ccc(OCC2CO2)cc1)NCCCCCCN1CCN(c2ccccc2)CC1. The first-order valence-electron chi connectivity index (χ1n) is 12.4. The Morgan fingerprint density at radius 3 is 2.39 bits per heavy atom. The number of para-hydroxylation sites is 1. The molecule has 33 heavy (non-hydrogen) atoms. The standard InChI is InChI=1S/C27H37N3O3/c31-27(20-23-10-12-25(13-11-23)32-21-26-22-33-26)28-14-6-1-2-7-15-29-16-18-30(19-17-29)24-8-4-3-5-9-24/h3-5,8-13,26H,1-2,6-7,14-22H2,(H,28,31). The highest BCUT2D eigenvalue weighted by atomic mass is 16.6. The summed E-state index contributed by atoms with van der Waals surface area (Å²) in [7, 11) is 0. The monoisotopic (exact) mass is 451 g/mol. The third kappa shape index (κ3) is 8.37. The van der Waals surface area contributed by atoms with E-state index in [-0.39, 0.29) is 12.0 Å². The van der Waals surface area contributed by atoms with E-state index < -0.39 is 0 Å². The molecular weight excluding hydrogens is 414 g/mol. The van der Waals surface area contributed by atoms with Crippen LogP contribution in [0.25, 0.3) is 0 Å². The van der Waals surface area contributed by atoms with Gasteiger partial charge in [-0.1, -0.05) is 43.2 Å². The van der Waals surface area contributed by atoms with E-state index in [9.17, 15) is 4.79 Å². The van der Waals surface area contributed by atoms with E-state index in [1.807, 2.05) is 24.3 Å². The maximum Gasteiger partial charge on any atom is 0.224 e. The van der Waals surface area contributed by atoms with Crippen molar-refractivity contribution < 1.29 is 14.3 Å². The lowest BCUT2D eigenvalue weighted by Gasteiger charge is -2.36. The molecule has 0 aromatic heterocycles. The normalized spacial score (nSPS) is 18.2. The summed E-state index contributed by atoms with van der Waals surface area (Å²) in [5, 5.41) is 3.05. The van der Waals surface area contributed by atoms with Crippen molar-refractivity contribution in [1.29, 1.82) is 0 Å². The first-order chi connectivity index (χ1) is 16.3. The van der Waals surface area contributed by atoms with E-state index in [0.29, 0.717) is 13.0 Å². The number of anilines is 1. The highest BCUT2D eigenvalue weighted by Gasteiger charge is 2.23. The van der Waals surface area contributed by atoms with Crippen molar-refractivity contribution >= 4 is 11.6 Å². The van der Waals surface area contributed by atoms with Crippen molar-refractivity contribution in [1.82, 2.24) is 10.2 Å². The maximum absolute atomic E-state index is 12.2. The minimum atomic E-state index is 0.0892. The predicted molar refractivity (Wildman–Crippen MR) is 132 cm³/mol. The molecule has 1 atom stereocenters. The quantitative estimate of drug-likeness (QED) is 0.373. The smallest absolute Gasteiger partial charge is 0.224 e. The van der Waals surface area contributed by atoms with Crippen LogP contribution in [0, 0.1) is 0 Å². The lowest BCUT2D eigenvalue weighted by molar-refractivity contribution is -0.120. The van der Waals surface area contributed by atoms with E-state index in [1.54, 1.807) is 0 Å². The zero-order valence-corrected chi connectivity index (χ0v) is 19.6. The highest BCUT2D eigenvalue weighted by molar-refractivity contribution is 5.78. The minimum absolute atomic E-state index is 0.0892. The number of ether oxygens (including phenoxy) is 2. The van der Waals surface area contributed by atoms with Crippen molar-refractivity contribution in [2.24, 2.45) is 0 Å². The second-order valence-corrected chi connectivity index (χ2v) is 9.02. The number of unbranched alkanes of at least 4 members (excludes halogenated alkanes) is 3. The van der Waals surface area contributed by atoms with E-state index in [0.717, 1.165) is 57.1 Å². The summed E-state index contributed by atoms with van der Waals surface area (Å²) in [6, 6.07) is 18.5. The maximum atomic E-state index is 12.2. The molecule has 0 aliphatic carbocycles. The van der Waals surface area contributed by atoms with Crippen molar-refractivity contribution in [2.45, 2.75) is 38.2 Å². The molecule has 2 fully saturated rings. The van der Waals surface area contributed by atoms with Gasteiger partial charge in [0.05, 0.1) is 13.0 Å². The summed E-state index contributed by atoms with van der Waals surface area (Å²) in [6.45, 7) is 7.86. The molecule has 2 aromatic rings. The summed E-state index contributed by atoms with van der Waals surface area (Å²) in [4.78, 5) is 17.2. The number of nitrogens with one attached hydrogen (secondary N) is 1. The number of benzene rings is 2. The van der Waals surface area contributed by atoms with Gasteiger partial charge in [0.1, 0.15) is 18.5 Å². The molecule has 2 aromatic carbocycles. The van der Waals surface area contributed by atoms with Gasteiger partial charge in [0.15, 0.2) is 0 Å². The average molecular weight is 452 g/mol. The van der Waals surface area contributed by atoms with Crippen LogP contribution in [-0.2, 0) is 16.0 Å². The van der Waals surface area contributed by atoms with Gasteiger partial charge in [-0.3, -0.25) is 9.69 Å². The topological polar surface area (TPSA) is 57.3 Å². The molecule has 178 valence electrons. The first kappa shape index (κ1) is 23.6. The van der Waals surface area contributed by atoms with Gasteiger partial charge in [0.2, 0.25) is 5.91 Å². The summed E-state index contributed by atoms with van der Waals surface area (Å²) >= 11 is 0. The lowest BCUT2D eigenvalue weighted by Crippen LogP contribution is -2.46. The van der Waals surface area contributed by atoms with Crippen LogP contribution in [0.3, 0.4) is 0 Å². The molecule has 1 N–H and O–H groups in total. The van der Waals surface area contributed by atoms with E-state index >= 15 is 0 Å². The molecule has 2 saturated heterocycles. The van der Waals surface area contributed by atoms with E-state index in [1.165, 1.54) is 31.5 Å². The fraction of sp³-hybridized carbons (Fsp3) is 0.519. The second-order valence-electron chi connectivity index (χ2n) is 9.02. The Morgan fingerprint density at radius 2 is 1.67 bits per heavy atom. The number of rotatable bonds is 13. The highest BCUT2D eigenvalue weighted by Crippen LogP contribution is 2.17. The van der Waals surface area contributed by atoms with Crippen LogP contribution in [0.5, 0.6) is 5.75 Å². The summed E-state index contributed by atoms with van der Waals surface area (Å²) in [5.41, 5.74) is 2.35. The Kier molecular flexibility index (Phi) is 9.01. The third-order valence-corrected chi connectivity index (χ3v) is 6.34. The Hall–Kier alpha value is -2.57. The number of carbonyl (C=O) groups excluding carboxylic acids is 1. The number of epoxide rings is 1. The van der Waals surface area contributed by atoms with E-state index in [2.05, 4.69) is 45.4 Å². The largest absolute Gasteiger partial charge is 0.491 e. The van der Waals surface area contributed by atoms with Crippen LogP contribution in [0.2, 0.25) is 0 Å². The molecule has 0 spiro atoms. The third-order valence-electron chi connectivity index (χ3n) is 6.34. The number of hydrogen-bond donors (Lipinski definition) is 1. The van der Waals surface area contributed by atoms with Gasteiger partial charge in [0.25, 0.3) is 0 Å². The number of hydrogen-bond acceptors (Lipinski definition) is 5. The van der Waals surface area contributed by atoms with Gasteiger partial charge < -0.3 is 19.7 Å². The molecule has 1 unspecified atom stereocenters. The Bertz CT molecular complexity index is 831. The number of carbonyl (C=O) groups is 1. The molecular formula is C27H37N3O3. The van der Waals surface area contributed by atoms with Gasteiger partial charge in [0, 0.05) is 38.4 Å². The summed E-state index contributed by atoms with van der Waals surface area (Å²) in [6.07, 6.45) is 5.35. The Morgan fingerprint density at radius 1 is 0.939 bits per heavy atom. The predicted octanol–water partition coefficient (Wildman–Crippen LogP) is 3.51. The van der Waals surface area contributed by atoms with Gasteiger partial charge in [-0.25, -0.2) is 0 Å². The molecule has 0 bridgehead atoms. The number of piperazine rings is 1. The van der Waals surface area contributed by atoms with Crippen LogP contribution >= 0.6 is 0 Å². The number of amides is 1. The van der Waals surface area contributed by atoms with Crippen LogP contribution in [0.4, 0.5) is 5.69 Å². The number of nitrogens with zero attached hydrogens (tertiary/aromatic N) is 2. The van der Waals surface area contributed by atoms with Crippen LogP contribution in [0.15, 0.2) is 54.6 Å². The molecule has 6 nitrogen and oxygen atoms in total. The van der Waals surface area contributed by atoms with Gasteiger partial charge >= 0.3 is 0 Å². The molecule has 0 radical (unpaired) electrons. The lowest BCUT2D eigenvalue weighted by atomic mass is 10.1. The molecule has 2 heterocycles. The fourth-order valence-corrected chi connectivity index (χ4v) is 4.22. The molecule has 6 heteroatoms. The molecule has 2 aliphatic rings. The van der Waals surface area contributed by atoms with Gasteiger partial charge in [-0.15, -0.1) is 0 Å². The molecule has 0 saturated carbocycles. The van der Waals surface area contributed by atoms with Crippen molar-refractivity contribution in [3.8, 4) is 5.75 Å². The van der Waals surface area contributed by atoms with Crippen molar-refractivity contribution in [2.75, 3.05) is 57.4 Å². The fourth-order valence-electron chi connectivity index (χ4n) is 4.22. The summed E-state index contributed by atoms with van der Waals surface area (Å²) in [5.74, 6) is 0.916. The second kappa shape index (κ2) is 12.6. The first-order valence-corrected chi connectivity index (χ1v) is 12.4. The van der Waals surface area contributed by atoms with Gasteiger partial charge in [-0.2, -0.15) is 0 Å². The zero-order chi connectivity index (χ0) is 22.7. The Labute approximate surface area is 197 Å². The molecule has 2 aliphatic heterocycles. The van der Waals surface area contributed by atoms with Crippen LogP contribution in [-0.4, -0.2) is 69.4 Å². The Balaban J connectivity index is 0.994. The average Bonchev–Trinajstić information content (AvgIpc) is 3.69. The van der Waals surface area contributed by atoms with Gasteiger partial charge in [-0.05, 0) is 49.2 Å². The van der Waals surface area contributed by atoms with Crippen molar-refractivity contribution in [3.05, 3.63) is 60.2 Å².